The number of fused-ring (bicyclic) bond motifs is 2. The van der Waals surface area contributed by atoms with Crippen molar-refractivity contribution in [2.75, 3.05) is 6.61 Å². The lowest BCUT2D eigenvalue weighted by atomic mass is 9.96. The molecule has 2 N–H and O–H groups in total. The van der Waals surface area contributed by atoms with Gasteiger partial charge in [0.15, 0.2) is 0 Å². The summed E-state index contributed by atoms with van der Waals surface area (Å²) in [6.45, 7) is -0.236. The summed E-state index contributed by atoms with van der Waals surface area (Å²) in [7, 11) is -3.49. The number of aliphatic hydroxyl groups excluding tert-OH is 1. The van der Waals surface area contributed by atoms with Crippen LogP contribution in [0.1, 0.15) is 31.2 Å². The number of sulfonamides is 1. The van der Waals surface area contributed by atoms with Gasteiger partial charge < -0.3 is 5.11 Å². The SMILES string of the molecule is O=S(=O)(NC1CC2CCC1C2)c1cccc(C#CCO)c1. The van der Waals surface area contributed by atoms with Gasteiger partial charge in [-0.15, -0.1) is 0 Å². The third-order valence-corrected chi connectivity index (χ3v) is 5.99. The van der Waals surface area contributed by atoms with E-state index in [2.05, 4.69) is 16.6 Å². The molecule has 0 amide bonds. The molecule has 0 aromatic heterocycles. The van der Waals surface area contributed by atoms with Crippen molar-refractivity contribution in [1.29, 1.82) is 0 Å². The Labute approximate surface area is 125 Å². The van der Waals surface area contributed by atoms with E-state index in [0.717, 1.165) is 19.3 Å². The number of nitrogens with one attached hydrogen (secondary N) is 1. The summed E-state index contributed by atoms with van der Waals surface area (Å²) in [5, 5.41) is 8.70. The van der Waals surface area contributed by atoms with Gasteiger partial charge in [-0.05, 0) is 49.3 Å². The summed E-state index contributed by atoms with van der Waals surface area (Å²) in [5.74, 6) is 6.46. The van der Waals surface area contributed by atoms with Crippen LogP contribution in [0.2, 0.25) is 0 Å². The highest BCUT2D eigenvalue weighted by molar-refractivity contribution is 7.89. The van der Waals surface area contributed by atoms with E-state index in [1.165, 1.54) is 6.42 Å². The van der Waals surface area contributed by atoms with Gasteiger partial charge in [-0.1, -0.05) is 24.3 Å². The Morgan fingerprint density at radius 3 is 2.81 bits per heavy atom. The molecule has 1 aromatic carbocycles. The van der Waals surface area contributed by atoms with Crippen molar-refractivity contribution >= 4 is 10.0 Å². The van der Waals surface area contributed by atoms with Crippen molar-refractivity contribution in [3.63, 3.8) is 0 Å². The van der Waals surface area contributed by atoms with Crippen LogP contribution in [-0.2, 0) is 10.0 Å². The van der Waals surface area contributed by atoms with Gasteiger partial charge in [0.2, 0.25) is 10.0 Å². The molecule has 2 fully saturated rings. The average Bonchev–Trinajstić information content (AvgIpc) is 3.07. The fourth-order valence-corrected chi connectivity index (χ4v) is 4.90. The minimum atomic E-state index is -3.49. The van der Waals surface area contributed by atoms with Crippen molar-refractivity contribution in [3.8, 4) is 11.8 Å². The van der Waals surface area contributed by atoms with Crippen LogP contribution in [0.25, 0.3) is 0 Å². The maximum atomic E-state index is 12.5. The Morgan fingerprint density at radius 2 is 2.14 bits per heavy atom. The second-order valence-electron chi connectivity index (χ2n) is 5.89. The van der Waals surface area contributed by atoms with Gasteiger partial charge in [-0.25, -0.2) is 13.1 Å². The zero-order valence-corrected chi connectivity index (χ0v) is 12.6. The Bertz CT molecular complexity index is 687. The van der Waals surface area contributed by atoms with E-state index in [4.69, 9.17) is 5.11 Å². The second kappa shape index (κ2) is 5.80. The highest BCUT2D eigenvalue weighted by atomic mass is 32.2. The minimum absolute atomic E-state index is 0.0842. The fraction of sp³-hybridized carbons (Fsp3) is 0.500. The van der Waals surface area contributed by atoms with Crippen LogP contribution in [0.3, 0.4) is 0 Å². The molecule has 4 nitrogen and oxygen atoms in total. The molecule has 0 spiro atoms. The average molecular weight is 305 g/mol. The van der Waals surface area contributed by atoms with Gasteiger partial charge in [0.05, 0.1) is 4.90 Å². The molecule has 2 saturated carbocycles. The Hall–Kier alpha value is -1.35. The predicted molar refractivity (Wildman–Crippen MR) is 80.0 cm³/mol. The molecule has 3 unspecified atom stereocenters. The van der Waals surface area contributed by atoms with E-state index >= 15 is 0 Å². The third-order valence-electron chi connectivity index (χ3n) is 4.50. The van der Waals surface area contributed by atoms with E-state index in [9.17, 15) is 8.42 Å². The first kappa shape index (κ1) is 14.6. The number of benzene rings is 1. The molecule has 112 valence electrons. The van der Waals surface area contributed by atoms with Crippen LogP contribution < -0.4 is 4.72 Å². The van der Waals surface area contributed by atoms with E-state index in [1.807, 2.05) is 0 Å². The molecule has 2 bridgehead atoms. The second-order valence-corrected chi connectivity index (χ2v) is 7.60. The molecule has 0 radical (unpaired) electrons. The highest BCUT2D eigenvalue weighted by Crippen LogP contribution is 2.44. The van der Waals surface area contributed by atoms with Crippen molar-refractivity contribution in [2.24, 2.45) is 11.8 Å². The highest BCUT2D eigenvalue weighted by Gasteiger charge is 2.41. The molecular formula is C16H19NO3S. The van der Waals surface area contributed by atoms with Crippen LogP contribution in [0.4, 0.5) is 0 Å². The lowest BCUT2D eigenvalue weighted by Gasteiger charge is -2.22. The Balaban J connectivity index is 1.78. The topological polar surface area (TPSA) is 66.4 Å². The van der Waals surface area contributed by atoms with E-state index in [0.29, 0.717) is 17.4 Å². The maximum Gasteiger partial charge on any atom is 0.240 e. The summed E-state index contributed by atoms with van der Waals surface area (Å²) >= 11 is 0. The van der Waals surface area contributed by atoms with Gasteiger partial charge in [0, 0.05) is 11.6 Å². The normalized spacial score (nSPS) is 27.4. The molecule has 21 heavy (non-hydrogen) atoms. The van der Waals surface area contributed by atoms with Crippen LogP contribution in [0, 0.1) is 23.7 Å². The van der Waals surface area contributed by atoms with Crippen LogP contribution >= 0.6 is 0 Å². The van der Waals surface area contributed by atoms with E-state index in [-0.39, 0.29) is 17.5 Å². The largest absolute Gasteiger partial charge is 0.384 e. The molecule has 1 aromatic rings. The third kappa shape index (κ3) is 3.13. The maximum absolute atomic E-state index is 12.5. The van der Waals surface area contributed by atoms with Gasteiger partial charge in [-0.3, -0.25) is 0 Å². The summed E-state index contributed by atoms with van der Waals surface area (Å²) in [4.78, 5) is 0.245. The standard InChI is InChI=1S/C16H19NO3S/c18-8-2-4-12-3-1-5-15(10-12)21(19,20)17-16-11-13-6-7-14(16)9-13/h1,3,5,10,13-14,16-18H,6-9,11H2. The van der Waals surface area contributed by atoms with Crippen LogP contribution in [0.5, 0.6) is 0 Å². The monoisotopic (exact) mass is 305 g/mol. The molecule has 2 aliphatic carbocycles. The summed E-state index contributed by atoms with van der Waals surface area (Å²) in [6, 6.07) is 6.63. The molecular weight excluding hydrogens is 286 g/mol. The Morgan fingerprint density at radius 1 is 1.29 bits per heavy atom. The van der Waals surface area contributed by atoms with Crippen LogP contribution in [0.15, 0.2) is 29.2 Å². The van der Waals surface area contributed by atoms with Gasteiger partial charge in [-0.2, -0.15) is 0 Å². The van der Waals surface area contributed by atoms with Gasteiger partial charge in [0.25, 0.3) is 0 Å². The number of hydrogen-bond acceptors (Lipinski definition) is 3. The van der Waals surface area contributed by atoms with Crippen molar-refractivity contribution < 1.29 is 13.5 Å². The lowest BCUT2D eigenvalue weighted by Crippen LogP contribution is -2.38. The minimum Gasteiger partial charge on any atom is -0.384 e. The van der Waals surface area contributed by atoms with Crippen molar-refractivity contribution in [1.82, 2.24) is 4.72 Å². The summed E-state index contributed by atoms with van der Waals surface area (Å²) < 4.78 is 27.8. The molecule has 0 saturated heterocycles. The van der Waals surface area contributed by atoms with Gasteiger partial charge >= 0.3 is 0 Å². The molecule has 2 aliphatic rings. The number of hydrogen-bond donors (Lipinski definition) is 2. The molecule has 0 aliphatic heterocycles. The first-order valence-electron chi connectivity index (χ1n) is 7.30. The van der Waals surface area contributed by atoms with E-state index < -0.39 is 10.0 Å². The number of aliphatic hydroxyl groups is 1. The zero-order valence-electron chi connectivity index (χ0n) is 11.7. The Kier molecular flexibility index (Phi) is 4.03. The predicted octanol–water partition coefficient (Wildman–Crippen LogP) is 1.50. The van der Waals surface area contributed by atoms with E-state index in [1.54, 1.807) is 24.3 Å². The molecule has 5 heteroatoms. The first-order valence-corrected chi connectivity index (χ1v) is 8.79. The summed E-state index contributed by atoms with van der Waals surface area (Å²) in [5.41, 5.74) is 0.597. The van der Waals surface area contributed by atoms with Crippen molar-refractivity contribution in [3.05, 3.63) is 29.8 Å². The zero-order chi connectivity index (χ0) is 14.9. The van der Waals surface area contributed by atoms with Gasteiger partial charge in [0.1, 0.15) is 6.61 Å². The fourth-order valence-electron chi connectivity index (χ4n) is 3.54. The summed E-state index contributed by atoms with van der Waals surface area (Å²) in [6.07, 6.45) is 4.51. The quantitative estimate of drug-likeness (QED) is 0.832. The molecule has 3 rings (SSSR count). The lowest BCUT2D eigenvalue weighted by molar-refractivity contribution is 0.350. The van der Waals surface area contributed by atoms with Crippen molar-refractivity contribution in [2.45, 2.75) is 36.6 Å². The van der Waals surface area contributed by atoms with Crippen LogP contribution in [-0.4, -0.2) is 26.2 Å². The smallest absolute Gasteiger partial charge is 0.240 e. The first-order chi connectivity index (χ1) is 10.1. The molecule has 0 heterocycles. The number of rotatable bonds is 3. The molecule has 3 atom stereocenters.